The largest absolute Gasteiger partial charge is 0.456 e. The quantitative estimate of drug-likeness (QED) is 0.116. The Morgan fingerprint density at radius 3 is 0.945 bits per heavy atom. The van der Waals surface area contributed by atoms with Gasteiger partial charge < -0.3 is 14.5 Å². The van der Waals surface area contributed by atoms with E-state index in [1.807, 2.05) is 109 Å². The zero-order valence-corrected chi connectivity index (χ0v) is 29.7. The predicted octanol–water partition coefficient (Wildman–Crippen LogP) is 12.4. The molecule has 7 aromatic carbocycles. The van der Waals surface area contributed by atoms with Gasteiger partial charge >= 0.3 is 0 Å². The molecular formula is C50H34N2O3. The summed E-state index contributed by atoms with van der Waals surface area (Å²) in [5.74, 6) is 0.510. The Morgan fingerprint density at radius 1 is 0.327 bits per heavy atom. The second kappa shape index (κ2) is 14.5. The lowest BCUT2D eigenvalue weighted by Gasteiger charge is -2.26. The van der Waals surface area contributed by atoms with Gasteiger partial charge in [-0.05, 0) is 115 Å². The minimum absolute atomic E-state index is 0.145. The van der Waals surface area contributed by atoms with E-state index in [1.54, 1.807) is 24.3 Å². The van der Waals surface area contributed by atoms with E-state index in [4.69, 9.17) is 4.74 Å². The lowest BCUT2D eigenvalue weighted by atomic mass is 9.97. The van der Waals surface area contributed by atoms with Crippen LogP contribution in [0.5, 0.6) is 0 Å². The van der Waals surface area contributed by atoms with E-state index in [0.717, 1.165) is 45.3 Å². The number of carbonyl (C=O) groups is 2. The summed E-state index contributed by atoms with van der Waals surface area (Å²) in [6.07, 6.45) is 3.62. The van der Waals surface area contributed by atoms with Gasteiger partial charge in [0.1, 0.15) is 11.5 Å². The molecule has 0 atom stereocenters. The van der Waals surface area contributed by atoms with Gasteiger partial charge in [0.15, 0.2) is 11.6 Å². The monoisotopic (exact) mass is 710 g/mol. The first kappa shape index (κ1) is 33.3. The number of anilines is 6. The summed E-state index contributed by atoms with van der Waals surface area (Å²) >= 11 is 0. The molecule has 5 nitrogen and oxygen atoms in total. The maximum absolute atomic E-state index is 13.8. The third-order valence-corrected chi connectivity index (χ3v) is 9.83. The predicted molar refractivity (Wildman–Crippen MR) is 221 cm³/mol. The van der Waals surface area contributed by atoms with Gasteiger partial charge in [-0.3, -0.25) is 9.59 Å². The van der Waals surface area contributed by atoms with E-state index in [0.29, 0.717) is 28.2 Å². The van der Waals surface area contributed by atoms with Crippen molar-refractivity contribution in [1.82, 2.24) is 0 Å². The first-order valence-electron chi connectivity index (χ1n) is 18.2. The Morgan fingerprint density at radius 2 is 0.618 bits per heavy atom. The molecule has 0 fully saturated rings. The fraction of sp³-hybridized carbons (Fsp3) is 0. The van der Waals surface area contributed by atoms with Crippen LogP contribution in [0.25, 0.3) is 11.5 Å². The van der Waals surface area contributed by atoms with Crippen molar-refractivity contribution in [3.63, 3.8) is 0 Å². The van der Waals surface area contributed by atoms with E-state index in [2.05, 4.69) is 82.6 Å². The highest BCUT2D eigenvalue weighted by Gasteiger charge is 2.35. The van der Waals surface area contributed by atoms with Gasteiger partial charge in [0.2, 0.25) is 0 Å². The summed E-state index contributed by atoms with van der Waals surface area (Å²) in [6.45, 7) is 0. The number of benzene rings is 7. The molecule has 0 saturated carbocycles. The van der Waals surface area contributed by atoms with Gasteiger partial charge in [0, 0.05) is 56.4 Å². The molecule has 1 aliphatic carbocycles. The zero-order chi connectivity index (χ0) is 37.1. The lowest BCUT2D eigenvalue weighted by Crippen LogP contribution is -2.10. The highest BCUT2D eigenvalue weighted by molar-refractivity contribution is 6.40. The smallest absolute Gasteiger partial charge is 0.198 e. The van der Waals surface area contributed by atoms with Gasteiger partial charge in [-0.15, -0.1) is 0 Å². The normalized spacial score (nSPS) is 13.5. The number of ether oxygens (including phenoxy) is 1. The highest BCUT2D eigenvalue weighted by Crippen LogP contribution is 2.40. The summed E-state index contributed by atoms with van der Waals surface area (Å²) in [6, 6.07) is 64.2. The van der Waals surface area contributed by atoms with Crippen LogP contribution >= 0.6 is 0 Å². The minimum Gasteiger partial charge on any atom is -0.456 e. The van der Waals surface area contributed by atoms with Crippen molar-refractivity contribution in [2.24, 2.45) is 0 Å². The highest BCUT2D eigenvalue weighted by atomic mass is 16.5. The number of nitrogens with zero attached hydrogens (tertiary/aromatic N) is 2. The van der Waals surface area contributed by atoms with Crippen LogP contribution in [0, 0.1) is 0 Å². The molecule has 0 N–H and O–H groups in total. The van der Waals surface area contributed by atoms with Crippen molar-refractivity contribution in [3.8, 4) is 0 Å². The molecule has 1 heterocycles. The fourth-order valence-corrected chi connectivity index (χ4v) is 7.20. The molecular weight excluding hydrogens is 677 g/mol. The molecule has 55 heavy (non-hydrogen) atoms. The summed E-state index contributed by atoms with van der Waals surface area (Å²) in [5.41, 5.74) is 9.19. The topological polar surface area (TPSA) is 49.9 Å². The molecule has 0 radical (unpaired) electrons. The molecule has 0 aromatic heterocycles. The first-order chi connectivity index (χ1) is 27.1. The van der Waals surface area contributed by atoms with E-state index in [9.17, 15) is 9.59 Å². The molecule has 262 valence electrons. The van der Waals surface area contributed by atoms with Crippen molar-refractivity contribution < 1.29 is 14.3 Å². The maximum Gasteiger partial charge on any atom is 0.198 e. The number of rotatable bonds is 8. The van der Waals surface area contributed by atoms with E-state index >= 15 is 0 Å². The summed E-state index contributed by atoms with van der Waals surface area (Å²) in [4.78, 5) is 32.0. The van der Waals surface area contributed by atoms with Crippen LogP contribution < -0.4 is 9.80 Å². The van der Waals surface area contributed by atoms with E-state index in [-0.39, 0.29) is 17.1 Å². The Kier molecular flexibility index (Phi) is 8.79. The summed E-state index contributed by atoms with van der Waals surface area (Å²) in [5, 5.41) is 0. The van der Waals surface area contributed by atoms with Crippen molar-refractivity contribution in [1.29, 1.82) is 0 Å². The molecule has 7 aromatic rings. The van der Waals surface area contributed by atoms with Crippen LogP contribution in [0.4, 0.5) is 34.1 Å². The third-order valence-electron chi connectivity index (χ3n) is 9.83. The summed E-state index contributed by atoms with van der Waals surface area (Å²) < 4.78 is 6.67. The van der Waals surface area contributed by atoms with E-state index < -0.39 is 0 Å². The Bertz CT molecular complexity index is 2350. The number of allylic oxidation sites excluding steroid dienone is 4. The van der Waals surface area contributed by atoms with Crippen LogP contribution in [0.15, 0.2) is 217 Å². The zero-order valence-electron chi connectivity index (χ0n) is 29.7. The van der Waals surface area contributed by atoms with Crippen molar-refractivity contribution in [2.45, 2.75) is 0 Å². The second-order valence-electron chi connectivity index (χ2n) is 13.3. The van der Waals surface area contributed by atoms with Crippen molar-refractivity contribution in [2.75, 3.05) is 9.80 Å². The van der Waals surface area contributed by atoms with Crippen LogP contribution in [0.3, 0.4) is 0 Å². The molecule has 0 bridgehead atoms. The average molecular weight is 711 g/mol. The second-order valence-corrected chi connectivity index (χ2v) is 13.3. The van der Waals surface area contributed by atoms with Crippen LogP contribution in [-0.2, 0) is 4.74 Å². The number of fused-ring (bicyclic) bond motifs is 1. The molecule has 0 spiro atoms. The van der Waals surface area contributed by atoms with E-state index in [1.165, 1.54) is 0 Å². The standard InChI is InChI=1S/C50H34N2O3/c53-49-44-23-13-14-24-45(44)50(54)48(49)37-33-46(35-25-29-42(30-26-35)51(38-15-5-1-6-16-38)39-17-7-2-8-18-39)55-47(34-37)36-27-31-43(32-28-36)52(40-19-9-3-10-20-40)41-21-11-4-12-22-41/h1-34H. The number of ketones is 2. The van der Waals surface area contributed by atoms with Crippen molar-refractivity contribution in [3.05, 3.63) is 240 Å². The first-order valence-corrected chi connectivity index (χ1v) is 18.2. The van der Waals surface area contributed by atoms with Gasteiger partial charge in [0.25, 0.3) is 0 Å². The SMILES string of the molecule is O=C1C(=C2C=C(c3ccc(N(c4ccccc4)c4ccccc4)cc3)OC(c3ccc(N(c4ccccc4)c4ccccc4)cc3)=C2)C(=O)c2ccccc21. The molecule has 0 amide bonds. The van der Waals surface area contributed by atoms with Gasteiger partial charge in [0.05, 0.1) is 5.57 Å². The molecule has 0 unspecified atom stereocenters. The Balaban J connectivity index is 1.11. The van der Waals surface area contributed by atoms with Crippen LogP contribution in [0.2, 0.25) is 0 Å². The van der Waals surface area contributed by atoms with Gasteiger partial charge in [-0.1, -0.05) is 97.1 Å². The third kappa shape index (κ3) is 6.45. The Hall–Kier alpha value is -7.50. The lowest BCUT2D eigenvalue weighted by molar-refractivity contribution is 0.0988. The molecule has 5 heteroatoms. The number of para-hydroxylation sites is 4. The van der Waals surface area contributed by atoms with Crippen LogP contribution in [0.1, 0.15) is 31.8 Å². The Labute approximate surface area is 320 Å². The average Bonchev–Trinajstić information content (AvgIpc) is 3.51. The number of hydrogen-bond acceptors (Lipinski definition) is 5. The van der Waals surface area contributed by atoms with Gasteiger partial charge in [-0.2, -0.15) is 0 Å². The fourth-order valence-electron chi connectivity index (χ4n) is 7.20. The molecule has 0 saturated heterocycles. The number of carbonyl (C=O) groups excluding carboxylic acids is 2. The van der Waals surface area contributed by atoms with Crippen LogP contribution in [-0.4, -0.2) is 11.6 Å². The maximum atomic E-state index is 13.8. The number of hydrogen-bond donors (Lipinski definition) is 0. The molecule has 2 aliphatic rings. The van der Waals surface area contributed by atoms with Crippen molar-refractivity contribution >= 4 is 57.2 Å². The summed E-state index contributed by atoms with van der Waals surface area (Å²) in [7, 11) is 0. The molecule has 1 aliphatic heterocycles. The number of Topliss-reactive ketones (excluding diaryl/α,β-unsaturated/α-hetero) is 2. The molecule has 9 rings (SSSR count). The van der Waals surface area contributed by atoms with Gasteiger partial charge in [-0.25, -0.2) is 0 Å². The minimum atomic E-state index is -0.280.